The van der Waals surface area contributed by atoms with Crippen LogP contribution in [0.5, 0.6) is 0 Å². The largest absolute Gasteiger partial charge is 0.337 e. The Hall–Kier alpha value is -1.68. The third-order valence-corrected chi connectivity index (χ3v) is 2.98. The highest BCUT2D eigenvalue weighted by molar-refractivity contribution is 6.31. The first-order valence-corrected chi connectivity index (χ1v) is 5.89. The van der Waals surface area contributed by atoms with Crippen LogP contribution in [0, 0.1) is 26.6 Å². The van der Waals surface area contributed by atoms with E-state index >= 15 is 0 Å². The Balaban J connectivity index is 2.40. The van der Waals surface area contributed by atoms with Crippen molar-refractivity contribution in [1.82, 2.24) is 9.97 Å². The van der Waals surface area contributed by atoms with Crippen molar-refractivity contribution in [2.45, 2.75) is 20.8 Å². The first-order chi connectivity index (χ1) is 8.47. The highest BCUT2D eigenvalue weighted by Crippen LogP contribution is 2.25. The second-order valence-electron chi connectivity index (χ2n) is 4.12. The molecule has 1 aromatic carbocycles. The zero-order valence-corrected chi connectivity index (χ0v) is 11.1. The van der Waals surface area contributed by atoms with E-state index in [9.17, 15) is 4.39 Å². The number of hydrogen-bond donors (Lipinski definition) is 1. The lowest BCUT2D eigenvalue weighted by Gasteiger charge is -2.11. The molecule has 18 heavy (non-hydrogen) atoms. The molecule has 1 heterocycles. The molecule has 3 nitrogen and oxygen atoms in total. The molecular formula is C13H13ClFN3. The summed E-state index contributed by atoms with van der Waals surface area (Å²) in [6.07, 6.45) is 0. The van der Waals surface area contributed by atoms with Gasteiger partial charge in [0, 0.05) is 5.69 Å². The van der Waals surface area contributed by atoms with Crippen molar-refractivity contribution in [3.63, 3.8) is 0 Å². The van der Waals surface area contributed by atoms with Gasteiger partial charge in [0.15, 0.2) is 11.0 Å². The lowest BCUT2D eigenvalue weighted by atomic mass is 10.2. The second-order valence-corrected chi connectivity index (χ2v) is 4.48. The fourth-order valence-corrected chi connectivity index (χ4v) is 1.73. The smallest absolute Gasteiger partial charge is 0.172 e. The van der Waals surface area contributed by atoms with E-state index in [0.717, 1.165) is 17.0 Å². The third kappa shape index (κ3) is 2.59. The number of nitrogens with zero attached hydrogens (tertiary/aromatic N) is 2. The van der Waals surface area contributed by atoms with Crippen LogP contribution in [0.1, 0.15) is 17.0 Å². The van der Waals surface area contributed by atoms with E-state index < -0.39 is 0 Å². The first kappa shape index (κ1) is 12.8. The van der Waals surface area contributed by atoms with Gasteiger partial charge in [0.2, 0.25) is 0 Å². The molecule has 0 spiro atoms. The lowest BCUT2D eigenvalue weighted by molar-refractivity contribution is 0.628. The Morgan fingerprint density at radius 1 is 1.11 bits per heavy atom. The van der Waals surface area contributed by atoms with Crippen molar-refractivity contribution in [3.05, 3.63) is 46.1 Å². The molecule has 0 amide bonds. The minimum absolute atomic E-state index is 0.279. The molecule has 0 aliphatic heterocycles. The van der Waals surface area contributed by atoms with E-state index in [2.05, 4.69) is 15.3 Å². The number of aryl methyl sites for hydroxylation is 3. The monoisotopic (exact) mass is 265 g/mol. The van der Waals surface area contributed by atoms with Gasteiger partial charge in [-0.15, -0.1) is 0 Å². The molecule has 0 aliphatic carbocycles. The molecule has 0 saturated heterocycles. The van der Waals surface area contributed by atoms with Crippen molar-refractivity contribution in [3.8, 4) is 0 Å². The Kier molecular flexibility index (Phi) is 3.48. The van der Waals surface area contributed by atoms with Crippen molar-refractivity contribution in [2.75, 3.05) is 5.32 Å². The van der Waals surface area contributed by atoms with E-state index in [0.29, 0.717) is 11.5 Å². The first-order valence-electron chi connectivity index (χ1n) is 5.51. The summed E-state index contributed by atoms with van der Waals surface area (Å²) in [5.41, 5.74) is 3.11. The van der Waals surface area contributed by atoms with Gasteiger partial charge in [-0.2, -0.15) is 0 Å². The minimum Gasteiger partial charge on any atom is -0.337 e. The predicted octanol–water partition coefficient (Wildman–Crippen LogP) is 3.94. The van der Waals surface area contributed by atoms with Crippen LogP contribution in [0.4, 0.5) is 15.9 Å². The molecule has 0 unspecified atom stereocenters. The number of nitrogens with one attached hydrogen (secondary N) is 1. The predicted molar refractivity (Wildman–Crippen MR) is 70.9 cm³/mol. The van der Waals surface area contributed by atoms with Crippen LogP contribution >= 0.6 is 11.6 Å². The van der Waals surface area contributed by atoms with Gasteiger partial charge in [0.1, 0.15) is 5.82 Å². The zero-order valence-electron chi connectivity index (χ0n) is 10.4. The van der Waals surface area contributed by atoms with Gasteiger partial charge in [-0.05, 0) is 38.5 Å². The Bertz CT molecular complexity index is 599. The van der Waals surface area contributed by atoms with Gasteiger partial charge in [-0.3, -0.25) is 0 Å². The fourth-order valence-electron chi connectivity index (χ4n) is 1.51. The average Bonchev–Trinajstić information content (AvgIpc) is 2.30. The molecule has 0 atom stereocenters. The Morgan fingerprint density at radius 2 is 1.78 bits per heavy atom. The molecule has 0 bridgehead atoms. The number of benzene rings is 1. The maximum Gasteiger partial charge on any atom is 0.172 e. The van der Waals surface area contributed by atoms with Gasteiger partial charge >= 0.3 is 0 Å². The van der Waals surface area contributed by atoms with E-state index in [1.54, 1.807) is 6.07 Å². The number of hydrogen-bond acceptors (Lipinski definition) is 3. The van der Waals surface area contributed by atoms with E-state index in [4.69, 9.17) is 11.6 Å². The zero-order chi connectivity index (χ0) is 13.3. The normalized spacial score (nSPS) is 10.5. The van der Waals surface area contributed by atoms with Crippen molar-refractivity contribution in [1.29, 1.82) is 0 Å². The molecule has 2 rings (SSSR count). The number of anilines is 2. The van der Waals surface area contributed by atoms with Gasteiger partial charge in [0.05, 0.1) is 11.4 Å². The molecule has 0 radical (unpaired) electrons. The molecule has 5 heteroatoms. The van der Waals surface area contributed by atoms with E-state index in [1.807, 2.05) is 20.8 Å². The van der Waals surface area contributed by atoms with Gasteiger partial charge < -0.3 is 5.32 Å². The molecular weight excluding hydrogens is 253 g/mol. The molecule has 1 N–H and O–H groups in total. The molecule has 0 saturated carbocycles. The van der Waals surface area contributed by atoms with Crippen LogP contribution in [0.15, 0.2) is 18.2 Å². The molecule has 0 aliphatic rings. The number of rotatable bonds is 2. The average molecular weight is 266 g/mol. The van der Waals surface area contributed by atoms with Crippen LogP contribution in [0.3, 0.4) is 0 Å². The summed E-state index contributed by atoms with van der Waals surface area (Å²) in [4.78, 5) is 8.48. The van der Waals surface area contributed by atoms with Gasteiger partial charge in [-0.1, -0.05) is 17.7 Å². The summed E-state index contributed by atoms with van der Waals surface area (Å²) >= 11 is 6.01. The second kappa shape index (κ2) is 4.90. The standard InChI is InChI=1S/C13H13ClFN3/c1-7-4-5-10(15)6-11(7)18-13-12(14)16-8(2)9(3)17-13/h4-6H,1-3H3,(H,17,18). The van der Waals surface area contributed by atoms with Gasteiger partial charge in [0.25, 0.3) is 0 Å². The van der Waals surface area contributed by atoms with Gasteiger partial charge in [-0.25, -0.2) is 14.4 Å². The van der Waals surface area contributed by atoms with Crippen LogP contribution in [0.25, 0.3) is 0 Å². The van der Waals surface area contributed by atoms with E-state index in [-0.39, 0.29) is 11.0 Å². The summed E-state index contributed by atoms with van der Waals surface area (Å²) in [7, 11) is 0. The summed E-state index contributed by atoms with van der Waals surface area (Å²) in [5.74, 6) is 0.129. The van der Waals surface area contributed by atoms with Crippen LogP contribution < -0.4 is 5.32 Å². The lowest BCUT2D eigenvalue weighted by Crippen LogP contribution is -2.02. The minimum atomic E-state index is -0.309. The maximum atomic E-state index is 13.2. The van der Waals surface area contributed by atoms with Crippen LogP contribution in [0.2, 0.25) is 5.15 Å². The summed E-state index contributed by atoms with van der Waals surface area (Å²) in [6.45, 7) is 5.57. The fraction of sp³-hybridized carbons (Fsp3) is 0.231. The Morgan fingerprint density at radius 3 is 2.50 bits per heavy atom. The summed E-state index contributed by atoms with van der Waals surface area (Å²) in [6, 6.07) is 4.51. The maximum absolute atomic E-state index is 13.2. The van der Waals surface area contributed by atoms with Crippen molar-refractivity contribution >= 4 is 23.1 Å². The summed E-state index contributed by atoms with van der Waals surface area (Å²) < 4.78 is 13.2. The van der Waals surface area contributed by atoms with Crippen LogP contribution in [-0.4, -0.2) is 9.97 Å². The molecule has 1 aromatic heterocycles. The SMILES string of the molecule is Cc1ccc(F)cc1Nc1nc(C)c(C)nc1Cl. The Labute approximate surface area is 110 Å². The highest BCUT2D eigenvalue weighted by Gasteiger charge is 2.09. The molecule has 94 valence electrons. The van der Waals surface area contributed by atoms with Crippen molar-refractivity contribution < 1.29 is 4.39 Å². The summed E-state index contributed by atoms with van der Waals surface area (Å²) in [5, 5.41) is 3.28. The molecule has 0 fully saturated rings. The number of halogens is 2. The third-order valence-electron chi connectivity index (χ3n) is 2.72. The van der Waals surface area contributed by atoms with Crippen molar-refractivity contribution in [2.24, 2.45) is 0 Å². The van der Waals surface area contributed by atoms with Crippen LogP contribution in [-0.2, 0) is 0 Å². The highest BCUT2D eigenvalue weighted by atomic mass is 35.5. The van der Waals surface area contributed by atoms with E-state index in [1.165, 1.54) is 12.1 Å². The number of aromatic nitrogens is 2. The quantitative estimate of drug-likeness (QED) is 0.894. The molecule has 2 aromatic rings. The topological polar surface area (TPSA) is 37.8 Å².